The molecule has 1 heterocycles. The summed E-state index contributed by atoms with van der Waals surface area (Å²) in [6, 6.07) is 9.08. The van der Waals surface area contributed by atoms with Crippen LogP contribution in [0.15, 0.2) is 35.7 Å². The number of aryl methyl sites for hydroxylation is 1. The van der Waals surface area contributed by atoms with Crippen LogP contribution < -0.4 is 5.73 Å². The van der Waals surface area contributed by atoms with Crippen molar-refractivity contribution in [2.45, 2.75) is 19.3 Å². The number of nitrogen functional groups attached to an aromatic ring is 1. The van der Waals surface area contributed by atoms with Gasteiger partial charge < -0.3 is 10.8 Å². The number of carbonyl (C=O) groups is 1. The van der Waals surface area contributed by atoms with Gasteiger partial charge in [-0.2, -0.15) is 0 Å². The minimum absolute atomic E-state index is 0.511. The smallest absolute Gasteiger partial charge is 0.311 e. The molecule has 0 aliphatic carbocycles. The van der Waals surface area contributed by atoms with Crippen LogP contribution in [0.25, 0.3) is 0 Å². The lowest BCUT2D eigenvalue weighted by molar-refractivity contribution is -0.138. The maximum Gasteiger partial charge on any atom is 0.311 e. The summed E-state index contributed by atoms with van der Waals surface area (Å²) in [6.45, 7) is 2.01. The van der Waals surface area contributed by atoms with Crippen molar-refractivity contribution >= 4 is 23.0 Å². The summed E-state index contributed by atoms with van der Waals surface area (Å²) in [5.74, 6) is -1.31. The number of thiophene rings is 1. The average molecular weight is 261 g/mol. The van der Waals surface area contributed by atoms with E-state index in [0.29, 0.717) is 12.1 Å². The summed E-state index contributed by atoms with van der Waals surface area (Å²) in [7, 11) is 0. The molecule has 0 radical (unpaired) electrons. The molecule has 2 rings (SSSR count). The first kappa shape index (κ1) is 12.6. The fraction of sp³-hybridized carbons (Fsp3) is 0.214. The first-order valence-electron chi connectivity index (χ1n) is 5.69. The fourth-order valence-corrected chi connectivity index (χ4v) is 2.83. The van der Waals surface area contributed by atoms with Gasteiger partial charge in [0.25, 0.3) is 0 Å². The Balaban J connectivity index is 2.27. The molecule has 0 saturated heterocycles. The van der Waals surface area contributed by atoms with Crippen molar-refractivity contribution in [3.8, 4) is 0 Å². The fourth-order valence-electron chi connectivity index (χ4n) is 1.87. The van der Waals surface area contributed by atoms with Gasteiger partial charge in [-0.1, -0.05) is 12.1 Å². The Bertz CT molecular complexity index is 545. The van der Waals surface area contributed by atoms with Crippen LogP contribution in [0.1, 0.15) is 21.9 Å². The van der Waals surface area contributed by atoms with Crippen LogP contribution in [-0.2, 0) is 11.2 Å². The van der Waals surface area contributed by atoms with Crippen LogP contribution in [0.4, 0.5) is 5.69 Å². The van der Waals surface area contributed by atoms with E-state index in [1.165, 1.54) is 0 Å². The lowest BCUT2D eigenvalue weighted by atomic mass is 9.94. The quantitative estimate of drug-likeness (QED) is 0.831. The van der Waals surface area contributed by atoms with Crippen LogP contribution in [0.2, 0.25) is 0 Å². The third-order valence-corrected chi connectivity index (χ3v) is 4.04. The number of hydrogen-bond donors (Lipinski definition) is 2. The largest absolute Gasteiger partial charge is 0.481 e. The Labute approximate surface area is 110 Å². The molecule has 3 N–H and O–H groups in total. The number of hydrogen-bond acceptors (Lipinski definition) is 3. The summed E-state index contributed by atoms with van der Waals surface area (Å²) in [4.78, 5) is 12.5. The zero-order valence-electron chi connectivity index (χ0n) is 10.1. The normalized spacial score (nSPS) is 12.3. The molecule has 1 aromatic carbocycles. The molecular weight excluding hydrogens is 246 g/mol. The Morgan fingerprint density at radius 2 is 2.00 bits per heavy atom. The molecule has 0 amide bonds. The van der Waals surface area contributed by atoms with E-state index in [4.69, 9.17) is 5.73 Å². The van der Waals surface area contributed by atoms with Gasteiger partial charge in [0.15, 0.2) is 0 Å². The topological polar surface area (TPSA) is 63.3 Å². The Morgan fingerprint density at radius 1 is 1.33 bits per heavy atom. The van der Waals surface area contributed by atoms with E-state index in [0.717, 1.165) is 16.0 Å². The van der Waals surface area contributed by atoms with Crippen molar-refractivity contribution in [2.24, 2.45) is 0 Å². The predicted molar refractivity (Wildman–Crippen MR) is 74.0 cm³/mol. The monoisotopic (exact) mass is 261 g/mol. The summed E-state index contributed by atoms with van der Waals surface area (Å²) in [5.41, 5.74) is 8.22. The van der Waals surface area contributed by atoms with Crippen molar-refractivity contribution in [3.05, 3.63) is 51.7 Å². The highest BCUT2D eigenvalue weighted by Gasteiger charge is 2.21. The second kappa shape index (κ2) is 5.23. The molecule has 94 valence electrons. The van der Waals surface area contributed by atoms with Gasteiger partial charge in [-0.25, -0.2) is 0 Å². The molecule has 18 heavy (non-hydrogen) atoms. The number of nitrogens with two attached hydrogens (primary N) is 1. The third kappa shape index (κ3) is 2.71. The van der Waals surface area contributed by atoms with Gasteiger partial charge in [0.2, 0.25) is 0 Å². The summed E-state index contributed by atoms with van der Waals surface area (Å²) in [5, 5.41) is 11.4. The zero-order chi connectivity index (χ0) is 13.1. The van der Waals surface area contributed by atoms with E-state index in [2.05, 4.69) is 0 Å². The molecule has 3 nitrogen and oxygen atoms in total. The van der Waals surface area contributed by atoms with Gasteiger partial charge in [-0.15, -0.1) is 11.3 Å². The number of carboxylic acid groups (broad SMARTS) is 1. The number of rotatable bonds is 4. The lowest BCUT2D eigenvalue weighted by Crippen LogP contribution is -2.14. The molecule has 0 aliphatic rings. The summed E-state index contributed by atoms with van der Waals surface area (Å²) >= 11 is 1.61. The van der Waals surface area contributed by atoms with Gasteiger partial charge in [0.1, 0.15) is 0 Å². The maximum atomic E-state index is 11.4. The molecule has 0 fully saturated rings. The van der Waals surface area contributed by atoms with Crippen molar-refractivity contribution < 1.29 is 9.90 Å². The molecular formula is C14H15NO2S. The highest BCUT2D eigenvalue weighted by atomic mass is 32.1. The standard InChI is InChI=1S/C14H15NO2S/c1-9-6-7-18-13(9)8-12(14(16)17)10-2-4-11(15)5-3-10/h2-7,12H,8,15H2,1H3,(H,16,17). The van der Waals surface area contributed by atoms with Crippen LogP contribution >= 0.6 is 11.3 Å². The number of anilines is 1. The predicted octanol–water partition coefficient (Wildman–Crippen LogP) is 3.05. The Kier molecular flexibility index (Phi) is 3.67. The van der Waals surface area contributed by atoms with Crippen molar-refractivity contribution in [3.63, 3.8) is 0 Å². The highest BCUT2D eigenvalue weighted by molar-refractivity contribution is 7.10. The molecule has 1 unspecified atom stereocenters. The average Bonchev–Trinajstić information content (AvgIpc) is 2.73. The second-order valence-electron chi connectivity index (χ2n) is 4.29. The molecule has 1 aromatic heterocycles. The third-order valence-electron chi connectivity index (χ3n) is 2.99. The Hall–Kier alpha value is -1.81. The van der Waals surface area contributed by atoms with E-state index in [1.807, 2.05) is 18.4 Å². The zero-order valence-corrected chi connectivity index (χ0v) is 10.9. The van der Waals surface area contributed by atoms with Crippen LogP contribution in [0, 0.1) is 6.92 Å². The maximum absolute atomic E-state index is 11.4. The Morgan fingerprint density at radius 3 is 2.50 bits per heavy atom. The van der Waals surface area contributed by atoms with E-state index < -0.39 is 11.9 Å². The minimum atomic E-state index is -0.799. The van der Waals surface area contributed by atoms with Crippen molar-refractivity contribution in [1.82, 2.24) is 0 Å². The van der Waals surface area contributed by atoms with E-state index in [-0.39, 0.29) is 0 Å². The molecule has 2 aromatic rings. The van der Waals surface area contributed by atoms with Gasteiger partial charge in [0, 0.05) is 10.6 Å². The second-order valence-corrected chi connectivity index (χ2v) is 5.29. The molecule has 1 atom stereocenters. The van der Waals surface area contributed by atoms with E-state index in [1.54, 1.807) is 35.6 Å². The molecule has 0 spiro atoms. The lowest BCUT2D eigenvalue weighted by Gasteiger charge is -2.12. The van der Waals surface area contributed by atoms with Crippen LogP contribution in [0.3, 0.4) is 0 Å². The van der Waals surface area contributed by atoms with Gasteiger partial charge in [0.05, 0.1) is 5.92 Å². The number of aliphatic carboxylic acids is 1. The van der Waals surface area contributed by atoms with Gasteiger partial charge in [-0.3, -0.25) is 4.79 Å². The number of benzene rings is 1. The minimum Gasteiger partial charge on any atom is -0.481 e. The molecule has 4 heteroatoms. The first-order valence-corrected chi connectivity index (χ1v) is 6.57. The molecule has 0 saturated carbocycles. The van der Waals surface area contributed by atoms with Gasteiger partial charge in [-0.05, 0) is 48.1 Å². The summed E-state index contributed by atoms with van der Waals surface area (Å²) in [6.07, 6.45) is 0.531. The first-order chi connectivity index (χ1) is 8.58. The molecule has 0 bridgehead atoms. The summed E-state index contributed by atoms with van der Waals surface area (Å²) < 4.78 is 0. The number of carboxylic acids is 1. The van der Waals surface area contributed by atoms with E-state index >= 15 is 0 Å². The van der Waals surface area contributed by atoms with E-state index in [9.17, 15) is 9.90 Å². The van der Waals surface area contributed by atoms with Crippen LogP contribution in [0.5, 0.6) is 0 Å². The van der Waals surface area contributed by atoms with Gasteiger partial charge >= 0.3 is 5.97 Å². The molecule has 0 aliphatic heterocycles. The van der Waals surface area contributed by atoms with Crippen molar-refractivity contribution in [2.75, 3.05) is 5.73 Å². The SMILES string of the molecule is Cc1ccsc1CC(C(=O)O)c1ccc(N)cc1. The van der Waals surface area contributed by atoms with Crippen molar-refractivity contribution in [1.29, 1.82) is 0 Å². The van der Waals surface area contributed by atoms with Crippen LogP contribution in [-0.4, -0.2) is 11.1 Å². The highest BCUT2D eigenvalue weighted by Crippen LogP contribution is 2.26.